The van der Waals surface area contributed by atoms with Gasteiger partial charge >= 0.3 is 6.18 Å². The van der Waals surface area contributed by atoms with Gasteiger partial charge in [-0.25, -0.2) is 14.5 Å². The number of alkyl halides is 3. The number of halogens is 3. The largest absolute Gasteiger partial charge is 0.495 e. The molecule has 3 aromatic heterocycles. The van der Waals surface area contributed by atoms with E-state index >= 15 is 0 Å². The Balaban J connectivity index is 1.52. The third-order valence-electron chi connectivity index (χ3n) is 5.38. The Labute approximate surface area is 192 Å². The Kier molecular flexibility index (Phi) is 5.27. The van der Waals surface area contributed by atoms with Crippen LogP contribution >= 0.6 is 0 Å². The molecule has 0 radical (unpaired) electrons. The van der Waals surface area contributed by atoms with E-state index in [1.54, 1.807) is 25.7 Å². The first-order valence-corrected chi connectivity index (χ1v) is 10.4. The lowest BCUT2D eigenvalue weighted by Crippen LogP contribution is -2.08. The Morgan fingerprint density at radius 2 is 1.88 bits per heavy atom. The van der Waals surface area contributed by atoms with Crippen LogP contribution in [0.2, 0.25) is 0 Å². The summed E-state index contributed by atoms with van der Waals surface area (Å²) in [7, 11) is 1.59. The molecule has 0 atom stereocenters. The van der Waals surface area contributed by atoms with Gasteiger partial charge in [0.1, 0.15) is 11.4 Å². The van der Waals surface area contributed by atoms with E-state index in [0.717, 1.165) is 23.0 Å². The van der Waals surface area contributed by atoms with Gasteiger partial charge in [-0.05, 0) is 30.7 Å². The number of hydrogen-bond acceptors (Lipinski definition) is 5. The molecule has 0 aliphatic heterocycles. The lowest BCUT2D eigenvalue weighted by molar-refractivity contribution is -0.137. The monoisotopic (exact) mass is 464 g/mol. The second-order valence-corrected chi connectivity index (χ2v) is 7.72. The lowest BCUT2D eigenvalue weighted by atomic mass is 10.0. The van der Waals surface area contributed by atoms with Crippen molar-refractivity contribution in [2.45, 2.75) is 19.5 Å². The number of methoxy groups -OCH3 is 1. The summed E-state index contributed by atoms with van der Waals surface area (Å²) in [6.45, 7) is 1.91. The van der Waals surface area contributed by atoms with E-state index in [2.05, 4.69) is 20.1 Å². The molecule has 34 heavy (non-hydrogen) atoms. The van der Waals surface area contributed by atoms with Crippen LogP contribution in [0.15, 0.2) is 67.4 Å². The summed E-state index contributed by atoms with van der Waals surface area (Å²) in [5.41, 5.74) is 2.18. The van der Waals surface area contributed by atoms with Crippen LogP contribution in [0.4, 0.5) is 13.2 Å². The van der Waals surface area contributed by atoms with Crippen LogP contribution < -0.4 is 4.74 Å². The fourth-order valence-electron chi connectivity index (χ4n) is 3.84. The first-order chi connectivity index (χ1) is 16.3. The molecule has 0 fully saturated rings. The Hall–Kier alpha value is -4.21. The predicted molar refractivity (Wildman–Crippen MR) is 119 cm³/mol. The molecular weight excluding hydrogens is 445 g/mol. The van der Waals surface area contributed by atoms with E-state index in [4.69, 9.17) is 4.74 Å². The zero-order valence-electron chi connectivity index (χ0n) is 18.3. The highest BCUT2D eigenvalue weighted by Crippen LogP contribution is 2.37. The van der Waals surface area contributed by atoms with Crippen LogP contribution in [0, 0.1) is 6.92 Å². The fourth-order valence-corrected chi connectivity index (χ4v) is 3.84. The van der Waals surface area contributed by atoms with Crippen molar-refractivity contribution in [2.75, 3.05) is 7.11 Å². The number of imidazole rings is 1. The molecule has 5 rings (SSSR count). The maximum absolute atomic E-state index is 13.6. The van der Waals surface area contributed by atoms with Crippen molar-refractivity contribution in [2.24, 2.45) is 0 Å². The summed E-state index contributed by atoms with van der Waals surface area (Å²) in [5.74, 6) is 1.10. The summed E-state index contributed by atoms with van der Waals surface area (Å²) >= 11 is 0. The summed E-state index contributed by atoms with van der Waals surface area (Å²) in [4.78, 5) is 13.0. The number of nitrogens with zero attached hydrogens (tertiary/aromatic N) is 6. The summed E-state index contributed by atoms with van der Waals surface area (Å²) in [5, 5.41) is 4.45. The molecule has 0 bridgehead atoms. The van der Waals surface area contributed by atoms with Gasteiger partial charge in [0.15, 0.2) is 11.5 Å². The van der Waals surface area contributed by atoms with Crippen LogP contribution in [-0.4, -0.2) is 36.2 Å². The Morgan fingerprint density at radius 3 is 2.62 bits per heavy atom. The number of aromatic nitrogens is 6. The fraction of sp³-hybridized carbons (Fsp3) is 0.167. The Morgan fingerprint density at radius 1 is 1.06 bits per heavy atom. The van der Waals surface area contributed by atoms with E-state index in [-0.39, 0.29) is 16.9 Å². The summed E-state index contributed by atoms with van der Waals surface area (Å²) < 4.78 is 49.6. The van der Waals surface area contributed by atoms with Gasteiger partial charge in [0.25, 0.3) is 0 Å². The van der Waals surface area contributed by atoms with Gasteiger partial charge < -0.3 is 9.30 Å². The molecule has 0 unspecified atom stereocenters. The zero-order valence-corrected chi connectivity index (χ0v) is 18.3. The minimum atomic E-state index is -4.51. The van der Waals surface area contributed by atoms with Crippen molar-refractivity contribution in [1.82, 2.24) is 29.1 Å². The molecule has 0 amide bonds. The third kappa shape index (κ3) is 3.98. The van der Waals surface area contributed by atoms with Crippen molar-refractivity contribution in [1.29, 1.82) is 0 Å². The average Bonchev–Trinajstić information content (AvgIpc) is 3.43. The van der Waals surface area contributed by atoms with E-state index < -0.39 is 11.7 Å². The molecule has 0 saturated heterocycles. The molecular formula is C24H19F3N6O. The molecule has 7 nitrogen and oxygen atoms in total. The van der Waals surface area contributed by atoms with Gasteiger partial charge in [0.2, 0.25) is 0 Å². The highest BCUT2D eigenvalue weighted by molar-refractivity contribution is 5.76. The first-order valence-electron chi connectivity index (χ1n) is 10.4. The van der Waals surface area contributed by atoms with Gasteiger partial charge in [-0.3, -0.25) is 4.98 Å². The van der Waals surface area contributed by atoms with Crippen molar-refractivity contribution < 1.29 is 17.9 Å². The summed E-state index contributed by atoms with van der Waals surface area (Å²) in [6.07, 6.45) is 2.44. The normalized spacial score (nSPS) is 11.8. The Bertz CT molecular complexity index is 1490. The minimum Gasteiger partial charge on any atom is -0.495 e. The second kappa shape index (κ2) is 8.29. The van der Waals surface area contributed by atoms with Crippen LogP contribution in [0.3, 0.4) is 0 Å². The lowest BCUT2D eigenvalue weighted by Gasteiger charge is -2.12. The smallest absolute Gasteiger partial charge is 0.417 e. The first kappa shape index (κ1) is 21.6. The van der Waals surface area contributed by atoms with Crippen LogP contribution in [0.1, 0.15) is 22.6 Å². The van der Waals surface area contributed by atoms with Gasteiger partial charge in [0, 0.05) is 30.6 Å². The average molecular weight is 464 g/mol. The van der Waals surface area contributed by atoms with E-state index in [1.807, 2.05) is 35.9 Å². The minimum absolute atomic E-state index is 0.0406. The van der Waals surface area contributed by atoms with Gasteiger partial charge in [0.05, 0.1) is 30.4 Å². The summed E-state index contributed by atoms with van der Waals surface area (Å²) in [6, 6.07) is 11.0. The predicted octanol–water partition coefficient (Wildman–Crippen LogP) is 4.90. The van der Waals surface area contributed by atoms with Crippen LogP contribution in [-0.2, 0) is 12.6 Å². The number of aryl methyl sites for hydroxylation is 1. The van der Waals surface area contributed by atoms with Gasteiger partial charge in [-0.1, -0.05) is 24.3 Å². The van der Waals surface area contributed by atoms with Crippen molar-refractivity contribution in [3.8, 4) is 22.7 Å². The molecule has 2 aromatic carbocycles. The van der Waals surface area contributed by atoms with E-state index in [1.165, 1.54) is 22.8 Å². The van der Waals surface area contributed by atoms with Crippen molar-refractivity contribution in [3.05, 3.63) is 90.0 Å². The number of ether oxygens (including phenoxy) is 1. The number of rotatable bonds is 5. The molecule has 0 aliphatic rings. The number of benzene rings is 2. The molecule has 172 valence electrons. The highest BCUT2D eigenvalue weighted by atomic mass is 19.4. The molecule has 0 spiro atoms. The van der Waals surface area contributed by atoms with E-state index in [9.17, 15) is 13.2 Å². The topological polar surface area (TPSA) is 70.1 Å². The number of fused-ring (bicyclic) bond motifs is 1. The van der Waals surface area contributed by atoms with Crippen molar-refractivity contribution in [3.63, 3.8) is 0 Å². The maximum atomic E-state index is 13.6. The molecule has 0 saturated carbocycles. The molecule has 0 N–H and O–H groups in total. The maximum Gasteiger partial charge on any atom is 0.417 e. The quantitative estimate of drug-likeness (QED) is 0.370. The molecule has 3 heterocycles. The van der Waals surface area contributed by atoms with Crippen molar-refractivity contribution >= 4 is 5.65 Å². The van der Waals surface area contributed by atoms with Gasteiger partial charge in [-0.15, -0.1) is 0 Å². The zero-order chi connectivity index (χ0) is 23.9. The van der Waals surface area contributed by atoms with Crippen LogP contribution in [0.5, 0.6) is 5.75 Å². The standard InChI is InChI=1S/C24H19F3N6O/c1-15-13-32(14-29-15)19-8-7-16(11-20(19)34-2)12-21-30-23-22(28-9-10-33(23)31-21)17-5-3-4-6-18(17)24(25,26)27/h3-11,13-14H,12H2,1-2H3. The van der Waals surface area contributed by atoms with E-state index in [0.29, 0.717) is 18.0 Å². The molecule has 5 aromatic rings. The number of hydrogen-bond donors (Lipinski definition) is 0. The van der Waals surface area contributed by atoms with Crippen LogP contribution in [0.25, 0.3) is 22.6 Å². The van der Waals surface area contributed by atoms with Gasteiger partial charge in [-0.2, -0.15) is 18.3 Å². The molecule has 0 aliphatic carbocycles. The highest BCUT2D eigenvalue weighted by Gasteiger charge is 2.34. The second-order valence-electron chi connectivity index (χ2n) is 7.72. The molecule has 10 heteroatoms. The third-order valence-corrected chi connectivity index (χ3v) is 5.38. The SMILES string of the molecule is COc1cc(Cc2nc3c(-c4ccccc4C(F)(F)F)nccn3n2)ccc1-n1cnc(C)c1.